The van der Waals surface area contributed by atoms with Crippen molar-refractivity contribution in [2.75, 3.05) is 0 Å². The molecule has 0 heteroatoms. The summed E-state index contributed by atoms with van der Waals surface area (Å²) in [6.45, 7) is 40.7. The highest BCUT2D eigenvalue weighted by Gasteiger charge is 2.20. The van der Waals surface area contributed by atoms with Gasteiger partial charge >= 0.3 is 0 Å². The third kappa shape index (κ3) is 7.23. The smallest absolute Gasteiger partial charge is 0.0114 e. The van der Waals surface area contributed by atoms with Gasteiger partial charge in [-0.1, -0.05) is 39.5 Å². The van der Waals surface area contributed by atoms with Crippen LogP contribution in [0.1, 0.15) is 129 Å². The van der Waals surface area contributed by atoms with Crippen LogP contribution in [0.2, 0.25) is 0 Å². The van der Waals surface area contributed by atoms with Crippen molar-refractivity contribution in [1.82, 2.24) is 0 Å². The average molecular weight is 569 g/mol. The minimum Gasteiger partial charge on any atom is -0.0625 e. The highest BCUT2D eigenvalue weighted by Crippen LogP contribution is 2.40. The molecule has 1 aliphatic rings. The molecule has 0 unspecified atom stereocenters. The topological polar surface area (TPSA) is 0 Å². The van der Waals surface area contributed by atoms with E-state index in [0.29, 0.717) is 0 Å². The Morgan fingerprint density at radius 3 is 0.500 bits per heavy atom. The van der Waals surface area contributed by atoms with E-state index < -0.39 is 0 Å². The van der Waals surface area contributed by atoms with E-state index >= 15 is 0 Å². The van der Waals surface area contributed by atoms with Crippen LogP contribution in [0, 0.1) is 123 Å². The van der Waals surface area contributed by atoms with Gasteiger partial charge in [0.15, 0.2) is 0 Å². The summed E-state index contributed by atoms with van der Waals surface area (Å²) in [5, 5.41) is 0. The molecule has 3 aromatic rings. The van der Waals surface area contributed by atoms with E-state index in [1.54, 1.807) is 0 Å². The lowest BCUT2D eigenvalue weighted by Crippen LogP contribution is -2.08. The van der Waals surface area contributed by atoms with Gasteiger partial charge in [-0.25, -0.2) is 0 Å². The van der Waals surface area contributed by atoms with Gasteiger partial charge in [0.05, 0.1) is 0 Å². The van der Waals surface area contributed by atoms with Crippen molar-refractivity contribution in [3.05, 3.63) is 89.0 Å². The van der Waals surface area contributed by atoms with Crippen molar-refractivity contribution in [3.63, 3.8) is 0 Å². The number of rotatable bonds is 1. The monoisotopic (exact) mass is 569 g/mol. The van der Waals surface area contributed by atoms with E-state index in [0.717, 1.165) is 11.8 Å². The van der Waals surface area contributed by atoms with E-state index in [4.69, 9.17) is 0 Å². The second-order valence-electron chi connectivity index (χ2n) is 14.1. The number of hydrogen-bond donors (Lipinski definition) is 0. The van der Waals surface area contributed by atoms with Crippen molar-refractivity contribution in [2.45, 2.75) is 150 Å². The van der Waals surface area contributed by atoms with Crippen molar-refractivity contribution in [1.29, 1.82) is 0 Å². The maximum atomic E-state index is 2.37. The lowest BCUT2D eigenvalue weighted by atomic mass is 9.80. The van der Waals surface area contributed by atoms with Crippen molar-refractivity contribution in [2.24, 2.45) is 11.8 Å². The van der Waals surface area contributed by atoms with Gasteiger partial charge in [-0.3, -0.25) is 0 Å². The summed E-state index contributed by atoms with van der Waals surface area (Å²) in [4.78, 5) is 0. The quantitative estimate of drug-likeness (QED) is 0.274. The minimum absolute atomic E-state index is 1.02. The SMILES string of the molecule is CC1CCC(C)CC1.Cc1c(C)c(C)c(-c2c(C)c(C)c(C)c(C)c2C)c(C)c1C.Cc1c(C)c(C)c(C)c(C)c1C. The second kappa shape index (κ2) is 14.4. The molecule has 4 rings (SSSR count). The highest BCUT2D eigenvalue weighted by molar-refractivity contribution is 5.81. The molecule has 1 aliphatic carbocycles. The fourth-order valence-corrected chi connectivity index (χ4v) is 6.86. The molecule has 0 saturated heterocycles. The van der Waals surface area contributed by atoms with Gasteiger partial charge in [0.2, 0.25) is 0 Å². The molecule has 0 heterocycles. The van der Waals surface area contributed by atoms with Gasteiger partial charge in [-0.15, -0.1) is 0 Å². The number of benzene rings is 3. The van der Waals surface area contributed by atoms with E-state index in [2.05, 4.69) is 125 Å². The molecule has 0 atom stereocenters. The van der Waals surface area contributed by atoms with Crippen LogP contribution in [-0.2, 0) is 0 Å². The first-order valence-corrected chi connectivity index (χ1v) is 16.5. The zero-order chi connectivity index (χ0) is 32.4. The van der Waals surface area contributed by atoms with Crippen LogP contribution >= 0.6 is 0 Å². The zero-order valence-corrected chi connectivity index (χ0v) is 31.0. The van der Waals surface area contributed by atoms with Crippen LogP contribution in [0.3, 0.4) is 0 Å². The Morgan fingerprint density at radius 1 is 0.238 bits per heavy atom. The molecule has 42 heavy (non-hydrogen) atoms. The molecule has 0 N–H and O–H groups in total. The van der Waals surface area contributed by atoms with E-state index in [1.807, 2.05) is 0 Å². The molecular weight excluding hydrogens is 504 g/mol. The fraction of sp³-hybridized carbons (Fsp3) is 0.571. The first-order chi connectivity index (χ1) is 19.4. The Balaban J connectivity index is 0.000000256. The minimum atomic E-state index is 1.02. The van der Waals surface area contributed by atoms with Crippen molar-refractivity contribution in [3.8, 4) is 11.1 Å². The normalized spacial score (nSPS) is 16.4. The Labute approximate surface area is 261 Å². The molecule has 1 fully saturated rings. The summed E-state index contributed by atoms with van der Waals surface area (Å²) < 4.78 is 0. The Bertz CT molecular complexity index is 1190. The predicted octanol–water partition coefficient (Wildman–Crippen LogP) is 12.8. The first kappa shape index (κ1) is 35.9. The Hall–Kier alpha value is -2.34. The summed E-state index contributed by atoms with van der Waals surface area (Å²) in [5.41, 5.74) is 26.0. The summed E-state index contributed by atoms with van der Waals surface area (Å²) in [5.74, 6) is 2.04. The van der Waals surface area contributed by atoms with Gasteiger partial charge in [0, 0.05) is 0 Å². The second-order valence-corrected chi connectivity index (χ2v) is 14.1. The molecule has 0 aliphatic heterocycles. The highest BCUT2D eigenvalue weighted by atomic mass is 14.2. The average Bonchev–Trinajstić information content (AvgIpc) is 2.97. The lowest BCUT2D eigenvalue weighted by Gasteiger charge is -2.25. The first-order valence-electron chi connectivity index (χ1n) is 16.5. The Morgan fingerprint density at radius 2 is 0.357 bits per heavy atom. The van der Waals surface area contributed by atoms with Gasteiger partial charge < -0.3 is 0 Å². The summed E-state index contributed by atoms with van der Waals surface area (Å²) in [7, 11) is 0. The van der Waals surface area contributed by atoms with Crippen LogP contribution in [0.15, 0.2) is 0 Å². The van der Waals surface area contributed by atoms with Crippen molar-refractivity contribution >= 4 is 0 Å². The largest absolute Gasteiger partial charge is 0.0625 e. The van der Waals surface area contributed by atoms with Crippen LogP contribution in [0.5, 0.6) is 0 Å². The molecule has 3 aromatic carbocycles. The molecule has 0 spiro atoms. The molecule has 1 saturated carbocycles. The third-order valence-corrected chi connectivity index (χ3v) is 11.9. The maximum Gasteiger partial charge on any atom is -0.0114 e. The maximum absolute atomic E-state index is 2.37. The predicted molar refractivity (Wildman–Crippen MR) is 191 cm³/mol. The lowest BCUT2D eigenvalue weighted by molar-refractivity contribution is 0.308. The van der Waals surface area contributed by atoms with Crippen LogP contribution in [-0.4, -0.2) is 0 Å². The molecule has 0 aromatic heterocycles. The number of hydrogen-bond acceptors (Lipinski definition) is 0. The standard InChI is InChI=1S/C22H30.C12H18.C8H16/c1-11-13(3)17(7)21(18(8)14(11)4)22-19(9)15(5)12(2)16(6)20(22)10;1-7-8(2)10(4)12(6)11(5)9(7)3;1-7-3-5-8(2)6-4-7/h1-10H3;1-6H3;7-8H,3-6H2,1-2H3. The van der Waals surface area contributed by atoms with Crippen LogP contribution in [0.25, 0.3) is 11.1 Å². The summed E-state index contributed by atoms with van der Waals surface area (Å²) in [6, 6.07) is 0. The fourth-order valence-electron chi connectivity index (χ4n) is 6.86. The third-order valence-electron chi connectivity index (χ3n) is 11.9. The zero-order valence-electron chi connectivity index (χ0n) is 31.0. The molecule has 0 amide bonds. The molecule has 0 bridgehead atoms. The summed E-state index contributed by atoms with van der Waals surface area (Å²) >= 11 is 0. The van der Waals surface area contributed by atoms with Gasteiger partial charge in [-0.2, -0.15) is 0 Å². The molecule has 232 valence electrons. The van der Waals surface area contributed by atoms with Gasteiger partial charge in [-0.05, 0) is 223 Å². The van der Waals surface area contributed by atoms with Gasteiger partial charge in [0.1, 0.15) is 0 Å². The van der Waals surface area contributed by atoms with E-state index in [-0.39, 0.29) is 0 Å². The summed E-state index contributed by atoms with van der Waals surface area (Å²) in [6.07, 6.45) is 5.89. The Kier molecular flexibility index (Phi) is 12.3. The van der Waals surface area contributed by atoms with Crippen LogP contribution < -0.4 is 0 Å². The van der Waals surface area contributed by atoms with E-state index in [9.17, 15) is 0 Å². The molecule has 0 nitrogen and oxygen atoms in total. The van der Waals surface area contributed by atoms with Gasteiger partial charge in [0.25, 0.3) is 0 Å². The van der Waals surface area contributed by atoms with E-state index in [1.165, 1.54) is 126 Å². The van der Waals surface area contributed by atoms with Crippen LogP contribution in [0.4, 0.5) is 0 Å². The molecule has 0 radical (unpaired) electrons. The van der Waals surface area contributed by atoms with Crippen molar-refractivity contribution < 1.29 is 0 Å². The molecular formula is C42H64.